The zero-order chi connectivity index (χ0) is 15.9. The zero-order valence-corrected chi connectivity index (χ0v) is 13.6. The number of carbonyl (C=O) groups is 1. The highest BCUT2D eigenvalue weighted by Gasteiger charge is 2.18. The van der Waals surface area contributed by atoms with Gasteiger partial charge in [-0.3, -0.25) is 4.79 Å². The molecule has 0 heterocycles. The lowest BCUT2D eigenvalue weighted by atomic mass is 9.87. The molecule has 0 bridgehead atoms. The fraction of sp³-hybridized carbons (Fsp3) is 0.588. The Balaban J connectivity index is 2.46. The first-order valence-electron chi connectivity index (χ1n) is 7.40. The maximum absolute atomic E-state index is 12.0. The maximum atomic E-state index is 12.0. The SMILES string of the molecule is COCc1ccccc1CNC(=O)CC(N)CC(C)(C)C. The third-order valence-electron chi connectivity index (χ3n) is 3.22. The van der Waals surface area contributed by atoms with E-state index in [1.807, 2.05) is 24.3 Å². The minimum atomic E-state index is -0.0979. The number of ether oxygens (including phenoxy) is 1. The molecule has 1 aromatic rings. The molecule has 0 aliphatic rings. The molecular formula is C17H28N2O2. The summed E-state index contributed by atoms with van der Waals surface area (Å²) in [5.41, 5.74) is 8.35. The fourth-order valence-electron chi connectivity index (χ4n) is 2.39. The molecule has 0 saturated heterocycles. The highest BCUT2D eigenvalue weighted by atomic mass is 16.5. The predicted octanol–water partition coefficient (Wildman–Crippen LogP) is 2.60. The molecule has 118 valence electrons. The van der Waals surface area contributed by atoms with Crippen LogP contribution in [0.15, 0.2) is 24.3 Å². The van der Waals surface area contributed by atoms with Crippen molar-refractivity contribution < 1.29 is 9.53 Å². The summed E-state index contributed by atoms with van der Waals surface area (Å²) in [6.45, 7) is 7.46. The van der Waals surface area contributed by atoms with Crippen LogP contribution in [0.25, 0.3) is 0 Å². The largest absolute Gasteiger partial charge is 0.380 e. The van der Waals surface area contributed by atoms with E-state index in [1.165, 1.54) is 0 Å². The van der Waals surface area contributed by atoms with Gasteiger partial charge in [0, 0.05) is 26.1 Å². The molecule has 0 spiro atoms. The molecule has 21 heavy (non-hydrogen) atoms. The molecular weight excluding hydrogens is 264 g/mol. The van der Waals surface area contributed by atoms with Crippen molar-refractivity contribution in [2.45, 2.75) is 52.8 Å². The predicted molar refractivity (Wildman–Crippen MR) is 85.7 cm³/mol. The van der Waals surface area contributed by atoms with Gasteiger partial charge in [0.25, 0.3) is 0 Å². The van der Waals surface area contributed by atoms with Gasteiger partial charge >= 0.3 is 0 Å². The molecule has 0 aliphatic heterocycles. The second-order valence-electron chi connectivity index (χ2n) is 6.71. The lowest BCUT2D eigenvalue weighted by Gasteiger charge is -2.22. The Morgan fingerprint density at radius 3 is 2.48 bits per heavy atom. The Bertz CT molecular complexity index is 452. The Kier molecular flexibility index (Phi) is 6.85. The second kappa shape index (κ2) is 8.15. The molecule has 1 atom stereocenters. The summed E-state index contributed by atoms with van der Waals surface area (Å²) >= 11 is 0. The van der Waals surface area contributed by atoms with E-state index in [-0.39, 0.29) is 17.4 Å². The Hall–Kier alpha value is -1.39. The summed E-state index contributed by atoms with van der Waals surface area (Å²) < 4.78 is 5.16. The lowest BCUT2D eigenvalue weighted by molar-refractivity contribution is -0.121. The van der Waals surface area contributed by atoms with Crippen LogP contribution < -0.4 is 11.1 Å². The van der Waals surface area contributed by atoms with Crippen molar-refractivity contribution in [3.05, 3.63) is 35.4 Å². The molecule has 3 N–H and O–H groups in total. The molecule has 1 aromatic carbocycles. The first-order chi connectivity index (χ1) is 9.81. The van der Waals surface area contributed by atoms with Crippen LogP contribution in [0.2, 0.25) is 0 Å². The molecule has 0 saturated carbocycles. The van der Waals surface area contributed by atoms with Gasteiger partial charge in [-0.15, -0.1) is 0 Å². The summed E-state index contributed by atoms with van der Waals surface area (Å²) in [7, 11) is 1.67. The van der Waals surface area contributed by atoms with Crippen LogP contribution >= 0.6 is 0 Å². The summed E-state index contributed by atoms with van der Waals surface area (Å²) in [5, 5.41) is 2.94. The third kappa shape index (κ3) is 7.25. The number of hydrogen-bond donors (Lipinski definition) is 2. The summed E-state index contributed by atoms with van der Waals surface area (Å²) in [5.74, 6) is -0.000954. The molecule has 4 nitrogen and oxygen atoms in total. The summed E-state index contributed by atoms with van der Waals surface area (Å²) in [6, 6.07) is 7.85. The third-order valence-corrected chi connectivity index (χ3v) is 3.22. The van der Waals surface area contributed by atoms with Gasteiger partial charge < -0.3 is 15.8 Å². The van der Waals surface area contributed by atoms with Gasteiger partial charge in [0.1, 0.15) is 0 Å². The van der Waals surface area contributed by atoms with Gasteiger partial charge in [-0.1, -0.05) is 45.0 Å². The van der Waals surface area contributed by atoms with Crippen molar-refractivity contribution in [1.82, 2.24) is 5.32 Å². The monoisotopic (exact) mass is 292 g/mol. The highest BCUT2D eigenvalue weighted by molar-refractivity contribution is 5.76. The van der Waals surface area contributed by atoms with Gasteiger partial charge in [0.2, 0.25) is 5.91 Å². The average molecular weight is 292 g/mol. The number of amides is 1. The molecule has 1 unspecified atom stereocenters. The van der Waals surface area contributed by atoms with E-state index in [0.717, 1.165) is 17.5 Å². The minimum Gasteiger partial charge on any atom is -0.380 e. The van der Waals surface area contributed by atoms with E-state index < -0.39 is 0 Å². The number of nitrogens with two attached hydrogens (primary N) is 1. The molecule has 0 aromatic heterocycles. The Morgan fingerprint density at radius 1 is 1.29 bits per heavy atom. The molecule has 0 fully saturated rings. The fourth-order valence-corrected chi connectivity index (χ4v) is 2.39. The van der Waals surface area contributed by atoms with Crippen LogP contribution in [0.4, 0.5) is 0 Å². The topological polar surface area (TPSA) is 64.3 Å². The first-order valence-corrected chi connectivity index (χ1v) is 7.40. The van der Waals surface area contributed by atoms with Crippen LogP contribution in [0.5, 0.6) is 0 Å². The maximum Gasteiger partial charge on any atom is 0.221 e. The van der Waals surface area contributed by atoms with Crippen molar-refractivity contribution in [3.63, 3.8) is 0 Å². The Labute approximate surface area is 128 Å². The van der Waals surface area contributed by atoms with Crippen molar-refractivity contribution in [2.75, 3.05) is 7.11 Å². The van der Waals surface area contributed by atoms with Crippen molar-refractivity contribution in [2.24, 2.45) is 11.1 Å². The number of rotatable bonds is 7. The van der Waals surface area contributed by atoms with Gasteiger partial charge in [0.15, 0.2) is 0 Å². The summed E-state index contributed by atoms with van der Waals surface area (Å²) in [4.78, 5) is 12.0. The van der Waals surface area contributed by atoms with Crippen LogP contribution in [0.1, 0.15) is 44.7 Å². The number of methoxy groups -OCH3 is 1. The minimum absolute atomic E-state index is 0.000954. The number of nitrogens with one attached hydrogen (secondary N) is 1. The standard InChI is InChI=1S/C17H28N2O2/c1-17(2,3)10-15(18)9-16(20)19-11-13-7-5-6-8-14(13)12-21-4/h5-8,15H,9-12,18H2,1-4H3,(H,19,20). The normalized spacial score (nSPS) is 13.0. The van der Waals surface area contributed by atoms with Crippen LogP contribution in [0, 0.1) is 5.41 Å². The van der Waals surface area contributed by atoms with Crippen molar-refractivity contribution in [1.29, 1.82) is 0 Å². The number of benzene rings is 1. The van der Waals surface area contributed by atoms with E-state index in [0.29, 0.717) is 19.6 Å². The van der Waals surface area contributed by atoms with E-state index in [9.17, 15) is 4.79 Å². The average Bonchev–Trinajstić information content (AvgIpc) is 2.35. The van der Waals surface area contributed by atoms with E-state index in [1.54, 1.807) is 7.11 Å². The number of hydrogen-bond acceptors (Lipinski definition) is 3. The molecule has 1 amide bonds. The first kappa shape index (κ1) is 17.7. The molecule has 1 rings (SSSR count). The highest BCUT2D eigenvalue weighted by Crippen LogP contribution is 2.21. The van der Waals surface area contributed by atoms with Gasteiger partial charge in [-0.05, 0) is 23.0 Å². The lowest BCUT2D eigenvalue weighted by Crippen LogP contribution is -2.34. The Morgan fingerprint density at radius 2 is 1.90 bits per heavy atom. The van der Waals surface area contributed by atoms with Gasteiger partial charge in [0.05, 0.1) is 6.61 Å². The van der Waals surface area contributed by atoms with Crippen LogP contribution in [0.3, 0.4) is 0 Å². The van der Waals surface area contributed by atoms with Crippen LogP contribution in [-0.2, 0) is 22.7 Å². The second-order valence-corrected chi connectivity index (χ2v) is 6.71. The van der Waals surface area contributed by atoms with Crippen molar-refractivity contribution >= 4 is 5.91 Å². The number of carbonyl (C=O) groups excluding carboxylic acids is 1. The smallest absolute Gasteiger partial charge is 0.221 e. The van der Waals surface area contributed by atoms with Gasteiger partial charge in [-0.2, -0.15) is 0 Å². The van der Waals surface area contributed by atoms with Crippen molar-refractivity contribution in [3.8, 4) is 0 Å². The van der Waals surface area contributed by atoms with Gasteiger partial charge in [-0.25, -0.2) is 0 Å². The molecule has 4 heteroatoms. The van der Waals surface area contributed by atoms with E-state index in [2.05, 4.69) is 26.1 Å². The quantitative estimate of drug-likeness (QED) is 0.812. The zero-order valence-electron chi connectivity index (χ0n) is 13.6. The van der Waals surface area contributed by atoms with Crippen LogP contribution in [-0.4, -0.2) is 19.1 Å². The van der Waals surface area contributed by atoms with E-state index in [4.69, 9.17) is 10.5 Å². The van der Waals surface area contributed by atoms with E-state index >= 15 is 0 Å². The molecule has 0 radical (unpaired) electrons. The summed E-state index contributed by atoms with van der Waals surface area (Å²) in [6.07, 6.45) is 1.20. The molecule has 0 aliphatic carbocycles.